The SMILES string of the molecule is CCCC(C)(N)C(=O)N1CCCC(c2nc(C)no2)C1. The van der Waals surface area contributed by atoms with Crippen molar-refractivity contribution in [1.82, 2.24) is 15.0 Å². The van der Waals surface area contributed by atoms with Crippen molar-refractivity contribution in [3.63, 3.8) is 0 Å². The van der Waals surface area contributed by atoms with Crippen molar-refractivity contribution in [3.05, 3.63) is 11.7 Å². The maximum Gasteiger partial charge on any atom is 0.242 e. The Morgan fingerprint density at radius 2 is 2.35 bits per heavy atom. The number of carbonyl (C=O) groups excluding carboxylic acids is 1. The van der Waals surface area contributed by atoms with Crippen molar-refractivity contribution in [3.8, 4) is 0 Å². The molecule has 2 heterocycles. The zero-order valence-corrected chi connectivity index (χ0v) is 12.6. The number of likely N-dealkylation sites (tertiary alicyclic amines) is 1. The molecule has 1 amide bonds. The molecule has 112 valence electrons. The summed E-state index contributed by atoms with van der Waals surface area (Å²) < 4.78 is 5.23. The lowest BCUT2D eigenvalue weighted by atomic mass is 9.92. The van der Waals surface area contributed by atoms with E-state index in [4.69, 9.17) is 10.3 Å². The van der Waals surface area contributed by atoms with Crippen molar-refractivity contribution < 1.29 is 9.32 Å². The lowest BCUT2D eigenvalue weighted by molar-refractivity contribution is -0.138. The molecule has 0 radical (unpaired) electrons. The van der Waals surface area contributed by atoms with Gasteiger partial charge in [0.15, 0.2) is 5.82 Å². The minimum absolute atomic E-state index is 0.0280. The van der Waals surface area contributed by atoms with Crippen LogP contribution in [0.5, 0.6) is 0 Å². The molecule has 20 heavy (non-hydrogen) atoms. The van der Waals surface area contributed by atoms with E-state index in [9.17, 15) is 4.79 Å². The van der Waals surface area contributed by atoms with Crippen LogP contribution >= 0.6 is 0 Å². The van der Waals surface area contributed by atoms with E-state index < -0.39 is 5.54 Å². The molecule has 1 aromatic rings. The first kappa shape index (κ1) is 15.0. The molecule has 6 nitrogen and oxygen atoms in total. The van der Waals surface area contributed by atoms with Crippen molar-refractivity contribution in [2.45, 2.75) is 57.9 Å². The minimum atomic E-state index is -0.776. The van der Waals surface area contributed by atoms with E-state index in [1.807, 2.05) is 18.7 Å². The summed E-state index contributed by atoms with van der Waals surface area (Å²) in [6, 6.07) is 0. The van der Waals surface area contributed by atoms with Crippen LogP contribution in [0.2, 0.25) is 0 Å². The van der Waals surface area contributed by atoms with Gasteiger partial charge >= 0.3 is 0 Å². The Hall–Kier alpha value is -1.43. The summed E-state index contributed by atoms with van der Waals surface area (Å²) in [5.41, 5.74) is 5.37. The van der Waals surface area contributed by atoms with Gasteiger partial charge in [0.2, 0.25) is 11.8 Å². The first-order valence-electron chi connectivity index (χ1n) is 7.32. The maximum atomic E-state index is 12.5. The van der Waals surface area contributed by atoms with Crippen molar-refractivity contribution in [2.24, 2.45) is 5.73 Å². The fourth-order valence-corrected chi connectivity index (χ4v) is 2.83. The van der Waals surface area contributed by atoms with Crippen LogP contribution in [0.4, 0.5) is 0 Å². The fourth-order valence-electron chi connectivity index (χ4n) is 2.83. The highest BCUT2D eigenvalue weighted by atomic mass is 16.5. The van der Waals surface area contributed by atoms with Crippen LogP contribution in [0.15, 0.2) is 4.52 Å². The Balaban J connectivity index is 2.05. The molecule has 1 aliphatic rings. The lowest BCUT2D eigenvalue weighted by Crippen LogP contribution is -2.55. The van der Waals surface area contributed by atoms with Gasteiger partial charge < -0.3 is 15.2 Å². The summed E-state index contributed by atoms with van der Waals surface area (Å²) in [6.45, 7) is 7.05. The second-order valence-electron chi connectivity index (χ2n) is 5.94. The molecule has 0 aliphatic carbocycles. The predicted octanol–water partition coefficient (Wildman–Crippen LogP) is 1.60. The smallest absolute Gasteiger partial charge is 0.242 e. The molecule has 2 rings (SSSR count). The summed E-state index contributed by atoms with van der Waals surface area (Å²) in [7, 11) is 0. The van der Waals surface area contributed by atoms with Crippen LogP contribution in [-0.2, 0) is 4.79 Å². The van der Waals surface area contributed by atoms with E-state index in [1.165, 1.54) is 0 Å². The number of carbonyl (C=O) groups is 1. The first-order chi connectivity index (χ1) is 9.44. The zero-order chi connectivity index (χ0) is 14.8. The molecule has 2 N–H and O–H groups in total. The molecular formula is C14H24N4O2. The van der Waals surface area contributed by atoms with Gasteiger partial charge in [-0.25, -0.2) is 0 Å². The molecule has 1 aromatic heterocycles. The number of amides is 1. The van der Waals surface area contributed by atoms with Crippen LogP contribution in [0.25, 0.3) is 0 Å². The third-order valence-corrected chi connectivity index (χ3v) is 3.86. The molecule has 0 spiro atoms. The largest absolute Gasteiger partial charge is 0.340 e. The average Bonchev–Trinajstić information content (AvgIpc) is 2.85. The van der Waals surface area contributed by atoms with Crippen LogP contribution in [0, 0.1) is 6.92 Å². The molecule has 0 aromatic carbocycles. The van der Waals surface area contributed by atoms with Crippen molar-refractivity contribution >= 4 is 5.91 Å². The Bertz CT molecular complexity index is 469. The van der Waals surface area contributed by atoms with Gasteiger partial charge in [0.25, 0.3) is 0 Å². The second kappa shape index (κ2) is 5.91. The maximum absolute atomic E-state index is 12.5. The summed E-state index contributed by atoms with van der Waals surface area (Å²) in [5.74, 6) is 1.43. The normalized spacial score (nSPS) is 22.6. The number of hydrogen-bond acceptors (Lipinski definition) is 5. The Morgan fingerprint density at radius 1 is 1.60 bits per heavy atom. The van der Waals surface area contributed by atoms with Crippen LogP contribution < -0.4 is 5.73 Å². The van der Waals surface area contributed by atoms with Crippen LogP contribution in [0.3, 0.4) is 0 Å². The molecule has 1 fully saturated rings. The van der Waals surface area contributed by atoms with E-state index >= 15 is 0 Å². The molecule has 1 aliphatic heterocycles. The van der Waals surface area contributed by atoms with E-state index in [0.29, 0.717) is 24.7 Å². The number of hydrogen-bond donors (Lipinski definition) is 1. The number of aromatic nitrogens is 2. The topological polar surface area (TPSA) is 85.3 Å². The van der Waals surface area contributed by atoms with E-state index in [0.717, 1.165) is 25.8 Å². The minimum Gasteiger partial charge on any atom is -0.340 e. The van der Waals surface area contributed by atoms with Gasteiger partial charge in [-0.15, -0.1) is 0 Å². The second-order valence-corrected chi connectivity index (χ2v) is 5.94. The zero-order valence-electron chi connectivity index (χ0n) is 12.6. The molecule has 2 atom stereocenters. The average molecular weight is 280 g/mol. The van der Waals surface area contributed by atoms with Gasteiger partial charge in [0, 0.05) is 13.1 Å². The molecule has 1 saturated heterocycles. The molecule has 2 unspecified atom stereocenters. The predicted molar refractivity (Wildman–Crippen MR) is 75.1 cm³/mol. The highest BCUT2D eigenvalue weighted by molar-refractivity contribution is 5.85. The van der Waals surface area contributed by atoms with Crippen molar-refractivity contribution in [1.29, 1.82) is 0 Å². The molecule has 0 saturated carbocycles. The summed E-state index contributed by atoms with van der Waals surface area (Å²) in [5, 5.41) is 3.83. The molecule has 0 bridgehead atoms. The first-order valence-corrected chi connectivity index (χ1v) is 7.32. The molecular weight excluding hydrogens is 256 g/mol. The number of nitrogens with zero attached hydrogens (tertiary/aromatic N) is 3. The highest BCUT2D eigenvalue weighted by Gasteiger charge is 2.35. The van der Waals surface area contributed by atoms with E-state index in [1.54, 1.807) is 6.92 Å². The summed E-state index contributed by atoms with van der Waals surface area (Å²) in [6.07, 6.45) is 3.52. The number of aryl methyl sites for hydroxylation is 1. The number of rotatable bonds is 4. The quantitative estimate of drug-likeness (QED) is 0.905. The Morgan fingerprint density at radius 3 is 2.95 bits per heavy atom. The van der Waals surface area contributed by atoms with E-state index in [2.05, 4.69) is 10.1 Å². The van der Waals surface area contributed by atoms with E-state index in [-0.39, 0.29) is 11.8 Å². The highest BCUT2D eigenvalue weighted by Crippen LogP contribution is 2.27. The third-order valence-electron chi connectivity index (χ3n) is 3.86. The van der Waals surface area contributed by atoms with Crippen molar-refractivity contribution in [2.75, 3.05) is 13.1 Å². The fraction of sp³-hybridized carbons (Fsp3) is 0.786. The van der Waals surface area contributed by atoms with Crippen LogP contribution in [-0.4, -0.2) is 39.6 Å². The summed E-state index contributed by atoms with van der Waals surface area (Å²) >= 11 is 0. The number of piperidine rings is 1. The lowest BCUT2D eigenvalue weighted by Gasteiger charge is -2.36. The monoisotopic (exact) mass is 280 g/mol. The van der Waals surface area contributed by atoms with Gasteiger partial charge in [-0.3, -0.25) is 4.79 Å². The standard InChI is InChI=1S/C14H24N4O2/c1-4-7-14(3,15)13(19)18-8-5-6-11(9-18)12-16-10(2)17-20-12/h11H,4-9,15H2,1-3H3. The Labute approximate surface area is 119 Å². The summed E-state index contributed by atoms with van der Waals surface area (Å²) in [4.78, 5) is 18.7. The van der Waals surface area contributed by atoms with Gasteiger partial charge in [-0.1, -0.05) is 18.5 Å². The molecule has 6 heteroatoms. The van der Waals surface area contributed by atoms with Gasteiger partial charge in [0.05, 0.1) is 11.5 Å². The van der Waals surface area contributed by atoms with Gasteiger partial charge in [-0.2, -0.15) is 4.98 Å². The Kier molecular flexibility index (Phi) is 4.42. The van der Waals surface area contributed by atoms with Gasteiger partial charge in [0.1, 0.15) is 0 Å². The van der Waals surface area contributed by atoms with Crippen LogP contribution in [0.1, 0.15) is 57.2 Å². The number of nitrogens with two attached hydrogens (primary N) is 1. The third kappa shape index (κ3) is 3.17. The van der Waals surface area contributed by atoms with Gasteiger partial charge in [-0.05, 0) is 33.1 Å².